The first kappa shape index (κ1) is 18.2. The number of pyridine rings is 1. The van der Waals surface area contributed by atoms with E-state index < -0.39 is 16.0 Å². The van der Waals surface area contributed by atoms with Crippen molar-refractivity contribution in [2.24, 2.45) is 0 Å². The van der Waals surface area contributed by atoms with Crippen LogP contribution in [0, 0.1) is 0 Å². The maximum atomic E-state index is 13.1. The van der Waals surface area contributed by atoms with Crippen LogP contribution >= 0.6 is 0 Å². The van der Waals surface area contributed by atoms with Crippen LogP contribution in [-0.4, -0.2) is 33.0 Å². The normalized spacial score (nSPS) is 13.2. The highest BCUT2D eigenvalue weighted by Crippen LogP contribution is 2.35. The van der Waals surface area contributed by atoms with Gasteiger partial charge in [-0.05, 0) is 71.6 Å². The summed E-state index contributed by atoms with van der Waals surface area (Å²) in [4.78, 5) is 15.7. The standard InChI is InChI=1S/C21H18N2O4S/c1-27-21(24)16-2-5-19(6-3-16)28(25,26)23-13-10-18-14-17(4-7-20(18)23)15-8-11-22-12-9-15/h2-9,11-12,14H,10,13H2,1H3. The van der Waals surface area contributed by atoms with Gasteiger partial charge in [-0.1, -0.05) is 6.07 Å². The van der Waals surface area contributed by atoms with Crippen LogP contribution in [-0.2, 0) is 21.2 Å². The number of aromatic nitrogens is 1. The monoisotopic (exact) mass is 394 g/mol. The SMILES string of the molecule is COC(=O)c1ccc(S(=O)(=O)N2CCc3cc(-c4ccncc4)ccc32)cc1. The Balaban J connectivity index is 1.66. The minimum Gasteiger partial charge on any atom is -0.465 e. The second kappa shape index (κ2) is 7.09. The molecule has 4 rings (SSSR count). The zero-order chi connectivity index (χ0) is 19.7. The molecule has 1 aliphatic rings. The molecule has 0 saturated heterocycles. The topological polar surface area (TPSA) is 76.6 Å². The molecule has 0 fully saturated rings. The first-order chi connectivity index (χ1) is 13.5. The lowest BCUT2D eigenvalue weighted by Crippen LogP contribution is -2.29. The van der Waals surface area contributed by atoms with Crippen molar-refractivity contribution < 1.29 is 17.9 Å². The molecular weight excluding hydrogens is 376 g/mol. The summed E-state index contributed by atoms with van der Waals surface area (Å²) >= 11 is 0. The van der Waals surface area contributed by atoms with Crippen molar-refractivity contribution in [2.45, 2.75) is 11.3 Å². The third kappa shape index (κ3) is 3.14. The van der Waals surface area contributed by atoms with Gasteiger partial charge in [0.2, 0.25) is 0 Å². The van der Waals surface area contributed by atoms with Gasteiger partial charge in [0, 0.05) is 18.9 Å². The maximum Gasteiger partial charge on any atom is 0.337 e. The summed E-state index contributed by atoms with van der Waals surface area (Å²) in [5, 5.41) is 0. The molecule has 3 aromatic rings. The number of anilines is 1. The minimum absolute atomic E-state index is 0.145. The molecule has 6 nitrogen and oxygen atoms in total. The number of hydrogen-bond acceptors (Lipinski definition) is 5. The van der Waals surface area contributed by atoms with E-state index in [-0.39, 0.29) is 4.90 Å². The zero-order valence-corrected chi connectivity index (χ0v) is 16.0. The number of sulfonamides is 1. The van der Waals surface area contributed by atoms with Gasteiger partial charge in [0.05, 0.1) is 23.3 Å². The highest BCUT2D eigenvalue weighted by molar-refractivity contribution is 7.92. The van der Waals surface area contributed by atoms with E-state index in [2.05, 4.69) is 9.72 Å². The number of esters is 1. The number of hydrogen-bond donors (Lipinski definition) is 0. The highest BCUT2D eigenvalue weighted by Gasteiger charge is 2.31. The lowest BCUT2D eigenvalue weighted by molar-refractivity contribution is 0.0600. The molecule has 0 N–H and O–H groups in total. The van der Waals surface area contributed by atoms with Crippen LogP contribution in [0.5, 0.6) is 0 Å². The molecule has 142 valence electrons. The Hall–Kier alpha value is -3.19. The lowest BCUT2D eigenvalue weighted by atomic mass is 10.0. The summed E-state index contributed by atoms with van der Waals surface area (Å²) in [6.45, 7) is 0.385. The van der Waals surface area contributed by atoms with Crippen molar-refractivity contribution in [3.63, 3.8) is 0 Å². The third-order valence-electron chi connectivity index (χ3n) is 4.81. The molecule has 0 aliphatic carbocycles. The van der Waals surface area contributed by atoms with Crippen molar-refractivity contribution in [3.8, 4) is 11.1 Å². The Bertz CT molecular complexity index is 1130. The number of carbonyl (C=O) groups is 1. The molecule has 2 heterocycles. The van der Waals surface area contributed by atoms with Crippen molar-refractivity contribution in [2.75, 3.05) is 18.0 Å². The Morgan fingerprint density at radius 2 is 1.71 bits per heavy atom. The smallest absolute Gasteiger partial charge is 0.337 e. The van der Waals surface area contributed by atoms with Gasteiger partial charge in [-0.2, -0.15) is 0 Å². The summed E-state index contributed by atoms with van der Waals surface area (Å²) < 4.78 is 32.3. The van der Waals surface area contributed by atoms with Gasteiger partial charge in [-0.25, -0.2) is 13.2 Å². The fourth-order valence-corrected chi connectivity index (χ4v) is 4.86. The fraction of sp³-hybridized carbons (Fsp3) is 0.143. The molecular formula is C21H18N2O4S. The van der Waals surface area contributed by atoms with Gasteiger partial charge in [0.1, 0.15) is 0 Å². The molecule has 0 saturated carbocycles. The first-order valence-electron chi connectivity index (χ1n) is 8.75. The van der Waals surface area contributed by atoms with E-state index >= 15 is 0 Å². The quantitative estimate of drug-likeness (QED) is 0.635. The van der Waals surface area contributed by atoms with E-state index in [1.807, 2.05) is 30.3 Å². The summed E-state index contributed by atoms with van der Waals surface area (Å²) in [7, 11) is -2.42. The van der Waals surface area contributed by atoms with Gasteiger partial charge in [-0.15, -0.1) is 0 Å². The van der Waals surface area contributed by atoms with Crippen LogP contribution in [0.1, 0.15) is 15.9 Å². The largest absolute Gasteiger partial charge is 0.465 e. The molecule has 1 aliphatic heterocycles. The van der Waals surface area contributed by atoms with Gasteiger partial charge in [0.25, 0.3) is 10.0 Å². The van der Waals surface area contributed by atoms with Crippen molar-refractivity contribution >= 4 is 21.7 Å². The van der Waals surface area contributed by atoms with Crippen LogP contribution in [0.2, 0.25) is 0 Å². The second-order valence-electron chi connectivity index (χ2n) is 6.42. The van der Waals surface area contributed by atoms with Crippen molar-refractivity contribution in [1.29, 1.82) is 0 Å². The molecule has 0 amide bonds. The van der Waals surface area contributed by atoms with E-state index in [9.17, 15) is 13.2 Å². The number of benzene rings is 2. The number of nitrogens with zero attached hydrogens (tertiary/aromatic N) is 2. The summed E-state index contributed by atoms with van der Waals surface area (Å²) in [5.74, 6) is -0.501. The van der Waals surface area contributed by atoms with Crippen molar-refractivity contribution in [3.05, 3.63) is 78.1 Å². The Labute approximate surface area is 163 Å². The third-order valence-corrected chi connectivity index (χ3v) is 6.64. The summed E-state index contributed by atoms with van der Waals surface area (Å²) in [6, 6.07) is 15.4. The minimum atomic E-state index is -3.71. The fourth-order valence-electron chi connectivity index (χ4n) is 3.35. The maximum absolute atomic E-state index is 13.1. The zero-order valence-electron chi connectivity index (χ0n) is 15.2. The molecule has 7 heteroatoms. The van der Waals surface area contributed by atoms with Crippen molar-refractivity contribution in [1.82, 2.24) is 4.98 Å². The average molecular weight is 394 g/mol. The molecule has 0 atom stereocenters. The van der Waals surface area contributed by atoms with E-state index in [4.69, 9.17) is 0 Å². The van der Waals surface area contributed by atoms with Crippen LogP contribution in [0.3, 0.4) is 0 Å². The van der Waals surface area contributed by atoms with E-state index in [1.54, 1.807) is 12.4 Å². The van der Waals surface area contributed by atoms with Crippen LogP contribution < -0.4 is 4.31 Å². The number of methoxy groups -OCH3 is 1. The Kier molecular flexibility index (Phi) is 4.60. The highest BCUT2D eigenvalue weighted by atomic mass is 32.2. The summed E-state index contributed by atoms with van der Waals surface area (Å²) in [5.41, 5.74) is 4.06. The van der Waals surface area contributed by atoms with Crippen LogP contribution in [0.25, 0.3) is 11.1 Å². The van der Waals surface area contributed by atoms with E-state index in [0.29, 0.717) is 24.2 Å². The Morgan fingerprint density at radius 1 is 1.00 bits per heavy atom. The second-order valence-corrected chi connectivity index (χ2v) is 8.28. The molecule has 1 aromatic heterocycles. The number of fused-ring (bicyclic) bond motifs is 1. The van der Waals surface area contributed by atoms with E-state index in [1.165, 1.54) is 35.7 Å². The van der Waals surface area contributed by atoms with Gasteiger partial charge in [-0.3, -0.25) is 9.29 Å². The predicted octanol–water partition coefficient (Wildman–Crippen LogP) is 3.29. The molecule has 0 unspecified atom stereocenters. The average Bonchev–Trinajstić information content (AvgIpc) is 3.18. The number of rotatable bonds is 4. The van der Waals surface area contributed by atoms with Gasteiger partial charge < -0.3 is 4.74 Å². The molecule has 0 spiro atoms. The molecule has 0 radical (unpaired) electrons. The Morgan fingerprint density at radius 3 is 2.39 bits per heavy atom. The lowest BCUT2D eigenvalue weighted by Gasteiger charge is -2.20. The van der Waals surface area contributed by atoms with Gasteiger partial charge in [0.15, 0.2) is 0 Å². The molecule has 2 aromatic carbocycles. The van der Waals surface area contributed by atoms with Crippen LogP contribution in [0.4, 0.5) is 5.69 Å². The number of carbonyl (C=O) groups excluding carboxylic acids is 1. The number of ether oxygens (including phenoxy) is 1. The first-order valence-corrected chi connectivity index (χ1v) is 10.2. The van der Waals surface area contributed by atoms with E-state index in [0.717, 1.165) is 16.7 Å². The summed E-state index contributed by atoms with van der Waals surface area (Å²) in [6.07, 6.45) is 4.11. The van der Waals surface area contributed by atoms with Gasteiger partial charge >= 0.3 is 5.97 Å². The molecule has 28 heavy (non-hydrogen) atoms. The van der Waals surface area contributed by atoms with Crippen LogP contribution in [0.15, 0.2) is 71.9 Å². The predicted molar refractivity (Wildman–Crippen MR) is 106 cm³/mol. The molecule has 0 bridgehead atoms.